The lowest BCUT2D eigenvalue weighted by atomic mass is 10.2. The summed E-state index contributed by atoms with van der Waals surface area (Å²) in [5.74, 6) is 1.94. The van der Waals surface area contributed by atoms with Crippen LogP contribution in [0.4, 0.5) is 11.6 Å². The molecular weight excluding hydrogens is 402 g/mol. The van der Waals surface area contributed by atoms with E-state index in [1.165, 1.54) is 0 Å². The van der Waals surface area contributed by atoms with E-state index in [0.29, 0.717) is 29.2 Å². The van der Waals surface area contributed by atoms with Gasteiger partial charge in [-0.2, -0.15) is 0 Å². The van der Waals surface area contributed by atoms with Gasteiger partial charge in [-0.1, -0.05) is 17.7 Å². The number of imidazole rings is 1. The number of nitrogens with zero attached hydrogens (tertiary/aromatic N) is 2. The Bertz CT molecular complexity index is 1140. The summed E-state index contributed by atoms with van der Waals surface area (Å²) >= 11 is 5.89. The molecule has 0 radical (unpaired) electrons. The van der Waals surface area contributed by atoms with Crippen molar-refractivity contribution in [3.8, 4) is 11.6 Å². The number of rotatable bonds is 7. The molecule has 5 rings (SSSR count). The minimum absolute atomic E-state index is 0.391. The molecule has 152 valence electrons. The third-order valence-electron chi connectivity index (χ3n) is 4.78. The van der Waals surface area contributed by atoms with Gasteiger partial charge in [0.2, 0.25) is 11.8 Å². The topological polar surface area (TPSA) is 84.1 Å². The van der Waals surface area contributed by atoms with Crippen LogP contribution in [0.2, 0.25) is 5.02 Å². The molecule has 2 aromatic heterocycles. The van der Waals surface area contributed by atoms with Crippen LogP contribution in [-0.4, -0.2) is 34.2 Å². The summed E-state index contributed by atoms with van der Waals surface area (Å²) in [6.07, 6.45) is 1.78. The summed E-state index contributed by atoms with van der Waals surface area (Å²) in [5, 5.41) is 7.42. The highest BCUT2D eigenvalue weighted by molar-refractivity contribution is 6.30. The minimum atomic E-state index is 0.391. The van der Waals surface area contributed by atoms with E-state index < -0.39 is 0 Å². The molecule has 7 nitrogen and oxygen atoms in total. The van der Waals surface area contributed by atoms with E-state index in [-0.39, 0.29) is 0 Å². The van der Waals surface area contributed by atoms with Crippen molar-refractivity contribution in [2.24, 2.45) is 0 Å². The normalized spacial score (nSPS) is 13.8. The van der Waals surface area contributed by atoms with Crippen molar-refractivity contribution in [2.45, 2.75) is 12.6 Å². The summed E-state index contributed by atoms with van der Waals surface area (Å²) in [6, 6.07) is 17.5. The van der Waals surface area contributed by atoms with Gasteiger partial charge in [0, 0.05) is 29.5 Å². The third-order valence-corrected chi connectivity index (χ3v) is 5.04. The van der Waals surface area contributed by atoms with Crippen molar-refractivity contribution in [2.75, 3.05) is 23.8 Å². The Labute approximate surface area is 178 Å². The fourth-order valence-corrected chi connectivity index (χ4v) is 3.25. The number of benzene rings is 2. The molecule has 4 aromatic rings. The van der Waals surface area contributed by atoms with E-state index in [1.54, 1.807) is 18.3 Å². The molecule has 3 heterocycles. The second kappa shape index (κ2) is 8.22. The van der Waals surface area contributed by atoms with Gasteiger partial charge >= 0.3 is 0 Å². The van der Waals surface area contributed by atoms with Gasteiger partial charge < -0.3 is 25.1 Å². The Balaban J connectivity index is 1.20. The van der Waals surface area contributed by atoms with Crippen molar-refractivity contribution in [1.29, 1.82) is 0 Å². The predicted molar refractivity (Wildman–Crippen MR) is 117 cm³/mol. The average molecular weight is 422 g/mol. The molecule has 1 aliphatic rings. The highest BCUT2D eigenvalue weighted by atomic mass is 35.5. The van der Waals surface area contributed by atoms with E-state index in [1.807, 2.05) is 36.4 Å². The molecule has 1 aliphatic heterocycles. The van der Waals surface area contributed by atoms with E-state index in [9.17, 15) is 0 Å². The summed E-state index contributed by atoms with van der Waals surface area (Å²) in [5.41, 5.74) is 3.98. The number of halogens is 1. The molecule has 30 heavy (non-hydrogen) atoms. The first kappa shape index (κ1) is 18.7. The lowest BCUT2D eigenvalue weighted by Crippen LogP contribution is -2.40. The summed E-state index contributed by atoms with van der Waals surface area (Å²) in [4.78, 5) is 12.3. The summed E-state index contributed by atoms with van der Waals surface area (Å²) < 4.78 is 10.9. The van der Waals surface area contributed by atoms with Crippen LogP contribution in [0.5, 0.6) is 11.6 Å². The Morgan fingerprint density at radius 2 is 1.97 bits per heavy atom. The Morgan fingerprint density at radius 1 is 1.10 bits per heavy atom. The van der Waals surface area contributed by atoms with Crippen LogP contribution in [0.3, 0.4) is 0 Å². The van der Waals surface area contributed by atoms with E-state index in [0.717, 1.165) is 41.4 Å². The maximum Gasteiger partial charge on any atom is 0.219 e. The van der Waals surface area contributed by atoms with Gasteiger partial charge in [-0.15, -0.1) is 0 Å². The van der Waals surface area contributed by atoms with E-state index >= 15 is 0 Å². The van der Waals surface area contributed by atoms with Crippen molar-refractivity contribution in [3.05, 3.63) is 71.4 Å². The zero-order valence-corrected chi connectivity index (χ0v) is 16.8. The lowest BCUT2D eigenvalue weighted by molar-refractivity contribution is 0.0211. The number of hydrogen-bond acceptors (Lipinski definition) is 6. The maximum atomic E-state index is 5.89. The first-order valence-electron chi connectivity index (χ1n) is 9.67. The lowest BCUT2D eigenvalue weighted by Gasteiger charge is -2.27. The number of hydrogen-bond donors (Lipinski definition) is 3. The van der Waals surface area contributed by atoms with Crippen LogP contribution in [0, 0.1) is 0 Å². The smallest absolute Gasteiger partial charge is 0.219 e. The number of aromatic nitrogens is 3. The van der Waals surface area contributed by atoms with E-state index in [2.05, 4.69) is 31.7 Å². The second-order valence-corrected chi connectivity index (χ2v) is 7.55. The Hall–Kier alpha value is -3.29. The number of pyridine rings is 1. The second-order valence-electron chi connectivity index (χ2n) is 7.11. The Morgan fingerprint density at radius 3 is 2.70 bits per heavy atom. The van der Waals surface area contributed by atoms with Gasteiger partial charge in [0.1, 0.15) is 5.75 Å². The summed E-state index contributed by atoms with van der Waals surface area (Å²) in [7, 11) is 0. The highest BCUT2D eigenvalue weighted by Crippen LogP contribution is 2.23. The SMILES string of the molecule is Clc1ccc(Oc2ccc(CNc3nc4ccc(NC5COC5)cc4[nH]3)cn2)cc1. The molecule has 2 aromatic carbocycles. The number of nitrogens with one attached hydrogen (secondary N) is 3. The highest BCUT2D eigenvalue weighted by Gasteiger charge is 2.17. The van der Waals surface area contributed by atoms with Gasteiger partial charge in [-0.3, -0.25) is 0 Å². The largest absolute Gasteiger partial charge is 0.439 e. The fraction of sp³-hybridized carbons (Fsp3) is 0.182. The zero-order valence-electron chi connectivity index (χ0n) is 16.1. The van der Waals surface area contributed by atoms with Crippen LogP contribution < -0.4 is 15.4 Å². The Kier molecular flexibility index (Phi) is 5.13. The molecule has 0 spiro atoms. The molecule has 0 bridgehead atoms. The van der Waals surface area contributed by atoms with Crippen molar-refractivity contribution in [1.82, 2.24) is 15.0 Å². The molecule has 3 N–H and O–H groups in total. The quantitative estimate of drug-likeness (QED) is 0.396. The molecule has 1 saturated heterocycles. The van der Waals surface area contributed by atoms with Crippen LogP contribution in [0.1, 0.15) is 5.56 Å². The molecule has 0 atom stereocenters. The van der Waals surface area contributed by atoms with Gasteiger partial charge in [-0.25, -0.2) is 9.97 Å². The molecular formula is C22H20ClN5O2. The van der Waals surface area contributed by atoms with Crippen molar-refractivity contribution in [3.63, 3.8) is 0 Å². The maximum absolute atomic E-state index is 5.89. The van der Waals surface area contributed by atoms with Crippen LogP contribution in [0.25, 0.3) is 11.0 Å². The van der Waals surface area contributed by atoms with Crippen LogP contribution in [-0.2, 0) is 11.3 Å². The molecule has 0 saturated carbocycles. The molecule has 0 amide bonds. The summed E-state index contributed by atoms with van der Waals surface area (Å²) in [6.45, 7) is 2.11. The predicted octanol–water partition coefficient (Wildman–Crippen LogP) is 4.83. The molecule has 1 fully saturated rings. The van der Waals surface area contributed by atoms with Crippen LogP contribution in [0.15, 0.2) is 60.8 Å². The van der Waals surface area contributed by atoms with Gasteiger partial charge in [0.15, 0.2) is 0 Å². The first-order valence-corrected chi connectivity index (χ1v) is 10.1. The standard InChI is InChI=1S/C22H20ClN5O2/c23-15-2-5-18(6-3-15)30-21-8-1-14(10-24-21)11-25-22-27-19-7-4-16(9-20(19)28-22)26-17-12-29-13-17/h1-10,17,26H,11-13H2,(H2,25,27,28). The van der Waals surface area contributed by atoms with Crippen molar-refractivity contribution < 1.29 is 9.47 Å². The van der Waals surface area contributed by atoms with Gasteiger partial charge in [0.05, 0.1) is 30.3 Å². The van der Waals surface area contributed by atoms with Crippen molar-refractivity contribution >= 4 is 34.3 Å². The van der Waals surface area contributed by atoms with Crippen LogP contribution >= 0.6 is 11.6 Å². The van der Waals surface area contributed by atoms with Gasteiger partial charge in [0.25, 0.3) is 0 Å². The number of H-pyrrole nitrogens is 1. The minimum Gasteiger partial charge on any atom is -0.439 e. The monoisotopic (exact) mass is 421 g/mol. The number of aromatic amines is 1. The number of fused-ring (bicyclic) bond motifs is 1. The van der Waals surface area contributed by atoms with Gasteiger partial charge in [-0.05, 0) is 48.0 Å². The first-order chi connectivity index (χ1) is 14.7. The molecule has 8 heteroatoms. The number of anilines is 2. The fourth-order valence-electron chi connectivity index (χ4n) is 3.12. The number of ether oxygens (including phenoxy) is 2. The van der Waals surface area contributed by atoms with E-state index in [4.69, 9.17) is 21.1 Å². The third kappa shape index (κ3) is 4.32. The average Bonchev–Trinajstić information content (AvgIpc) is 3.14. The zero-order chi connectivity index (χ0) is 20.3. The molecule has 0 unspecified atom stereocenters. The molecule has 0 aliphatic carbocycles.